The van der Waals surface area contributed by atoms with Gasteiger partial charge >= 0.3 is 0 Å². The largest absolute Gasteiger partial charge is 0.278 e. The molecule has 0 aliphatic heterocycles. The zero-order valence-electron chi connectivity index (χ0n) is 10.1. The molecule has 0 saturated carbocycles. The van der Waals surface area contributed by atoms with Gasteiger partial charge in [0.25, 0.3) is 5.69 Å². The highest BCUT2D eigenvalue weighted by molar-refractivity contribution is 6.36. The SMILES string of the molecule is O=[N+]([O-])c1ccc(N/N=C\c2ccc(Cl)cc2Cl)cc1. The van der Waals surface area contributed by atoms with Crippen molar-refractivity contribution in [2.45, 2.75) is 0 Å². The molecule has 2 aromatic rings. The van der Waals surface area contributed by atoms with Gasteiger partial charge in [-0.2, -0.15) is 5.10 Å². The lowest BCUT2D eigenvalue weighted by Gasteiger charge is -2.01. The summed E-state index contributed by atoms with van der Waals surface area (Å²) >= 11 is 11.8. The number of non-ortho nitro benzene ring substituents is 1. The molecule has 102 valence electrons. The summed E-state index contributed by atoms with van der Waals surface area (Å²) in [5.41, 5.74) is 4.13. The van der Waals surface area contributed by atoms with E-state index in [0.717, 1.165) is 0 Å². The van der Waals surface area contributed by atoms with Gasteiger partial charge in [0.05, 0.1) is 21.8 Å². The van der Waals surface area contributed by atoms with Crippen molar-refractivity contribution in [3.63, 3.8) is 0 Å². The van der Waals surface area contributed by atoms with Gasteiger partial charge in [0.15, 0.2) is 0 Å². The summed E-state index contributed by atoms with van der Waals surface area (Å²) in [5, 5.41) is 15.6. The van der Waals surface area contributed by atoms with E-state index in [0.29, 0.717) is 21.3 Å². The molecular weight excluding hydrogens is 301 g/mol. The van der Waals surface area contributed by atoms with Gasteiger partial charge in [-0.15, -0.1) is 0 Å². The van der Waals surface area contributed by atoms with Gasteiger partial charge in [-0.3, -0.25) is 15.5 Å². The van der Waals surface area contributed by atoms with E-state index in [9.17, 15) is 10.1 Å². The second kappa shape index (κ2) is 6.36. The lowest BCUT2D eigenvalue weighted by Crippen LogP contribution is -1.92. The summed E-state index contributed by atoms with van der Waals surface area (Å²) in [7, 11) is 0. The number of hydrogen-bond donors (Lipinski definition) is 1. The van der Waals surface area contributed by atoms with E-state index in [4.69, 9.17) is 23.2 Å². The first-order chi connectivity index (χ1) is 9.56. The quantitative estimate of drug-likeness (QED) is 0.518. The Hall–Kier alpha value is -2.11. The number of nitrogens with one attached hydrogen (secondary N) is 1. The second-order valence-corrected chi connectivity index (χ2v) is 4.68. The summed E-state index contributed by atoms with van der Waals surface area (Å²) < 4.78 is 0. The Labute approximate surface area is 125 Å². The number of nitro benzene ring substituents is 1. The van der Waals surface area contributed by atoms with Crippen molar-refractivity contribution in [1.82, 2.24) is 0 Å². The number of hydrogen-bond acceptors (Lipinski definition) is 4. The summed E-state index contributed by atoms with van der Waals surface area (Å²) in [6, 6.07) is 11.0. The molecule has 20 heavy (non-hydrogen) atoms. The first-order valence-electron chi connectivity index (χ1n) is 5.55. The fraction of sp³-hybridized carbons (Fsp3) is 0. The van der Waals surface area contributed by atoms with Crippen LogP contribution in [0.4, 0.5) is 11.4 Å². The third-order valence-corrected chi connectivity index (χ3v) is 3.00. The minimum absolute atomic E-state index is 0.0280. The summed E-state index contributed by atoms with van der Waals surface area (Å²) in [5.74, 6) is 0. The highest BCUT2D eigenvalue weighted by Crippen LogP contribution is 2.19. The molecule has 0 radical (unpaired) electrons. The van der Waals surface area contributed by atoms with Gasteiger partial charge < -0.3 is 0 Å². The average Bonchev–Trinajstić information content (AvgIpc) is 2.42. The van der Waals surface area contributed by atoms with E-state index in [1.165, 1.54) is 12.1 Å². The molecule has 0 aliphatic rings. The van der Waals surface area contributed by atoms with Crippen LogP contribution in [0.5, 0.6) is 0 Å². The van der Waals surface area contributed by atoms with E-state index in [-0.39, 0.29) is 5.69 Å². The normalized spacial score (nSPS) is 10.7. The van der Waals surface area contributed by atoms with Crippen LogP contribution in [-0.2, 0) is 0 Å². The Balaban J connectivity index is 2.04. The first kappa shape index (κ1) is 14.3. The second-order valence-electron chi connectivity index (χ2n) is 3.84. The monoisotopic (exact) mass is 309 g/mol. The molecule has 2 aromatic carbocycles. The molecule has 1 N–H and O–H groups in total. The summed E-state index contributed by atoms with van der Waals surface area (Å²) in [6.07, 6.45) is 1.54. The van der Waals surface area contributed by atoms with Gasteiger partial charge in [0.2, 0.25) is 0 Å². The van der Waals surface area contributed by atoms with Crippen molar-refractivity contribution in [1.29, 1.82) is 0 Å². The van der Waals surface area contributed by atoms with Gasteiger partial charge in [-0.1, -0.05) is 29.3 Å². The third kappa shape index (κ3) is 3.69. The highest BCUT2D eigenvalue weighted by atomic mass is 35.5. The number of benzene rings is 2. The standard InChI is InChI=1S/C13H9Cl2N3O2/c14-10-2-1-9(13(15)7-10)8-16-17-11-3-5-12(6-4-11)18(19)20/h1-8,17H/b16-8-. The Morgan fingerprint density at radius 3 is 2.45 bits per heavy atom. The van der Waals surface area contributed by atoms with Crippen LogP contribution >= 0.6 is 23.2 Å². The van der Waals surface area contributed by atoms with E-state index in [1.54, 1.807) is 36.5 Å². The molecule has 7 heteroatoms. The Morgan fingerprint density at radius 2 is 1.85 bits per heavy atom. The number of rotatable bonds is 4. The topological polar surface area (TPSA) is 67.5 Å². The lowest BCUT2D eigenvalue weighted by molar-refractivity contribution is -0.384. The van der Waals surface area contributed by atoms with Crippen molar-refractivity contribution in [2.75, 3.05) is 5.43 Å². The van der Waals surface area contributed by atoms with Crippen LogP contribution < -0.4 is 5.43 Å². The fourth-order valence-electron chi connectivity index (χ4n) is 1.44. The van der Waals surface area contributed by atoms with Crippen molar-refractivity contribution in [3.05, 3.63) is 68.2 Å². The molecule has 0 unspecified atom stereocenters. The molecule has 0 aromatic heterocycles. The third-order valence-electron chi connectivity index (χ3n) is 2.44. The van der Waals surface area contributed by atoms with Crippen molar-refractivity contribution < 1.29 is 4.92 Å². The molecule has 0 fully saturated rings. The van der Waals surface area contributed by atoms with Crippen molar-refractivity contribution >= 4 is 40.8 Å². The van der Waals surface area contributed by atoms with E-state index in [2.05, 4.69) is 10.5 Å². The smallest absolute Gasteiger partial charge is 0.269 e. The molecule has 5 nitrogen and oxygen atoms in total. The first-order valence-corrected chi connectivity index (χ1v) is 6.30. The zero-order valence-corrected chi connectivity index (χ0v) is 11.6. The van der Waals surface area contributed by atoms with Gasteiger partial charge in [0.1, 0.15) is 0 Å². The average molecular weight is 310 g/mol. The number of anilines is 1. The molecule has 0 aliphatic carbocycles. The van der Waals surface area contributed by atoms with Crippen molar-refractivity contribution in [3.8, 4) is 0 Å². The van der Waals surface area contributed by atoms with Gasteiger partial charge in [-0.25, -0.2) is 0 Å². The predicted octanol–water partition coefficient (Wildman–Crippen LogP) is 4.35. The number of halogens is 2. The maximum atomic E-state index is 10.5. The molecule has 2 rings (SSSR count). The summed E-state index contributed by atoms with van der Waals surface area (Å²) in [6.45, 7) is 0. The van der Waals surface area contributed by atoms with Crippen LogP contribution in [0.1, 0.15) is 5.56 Å². The fourth-order valence-corrected chi connectivity index (χ4v) is 1.90. The maximum absolute atomic E-state index is 10.5. The van der Waals surface area contributed by atoms with Crippen molar-refractivity contribution in [2.24, 2.45) is 5.10 Å². The van der Waals surface area contributed by atoms with Crippen LogP contribution in [0.15, 0.2) is 47.6 Å². The number of nitrogens with zero attached hydrogens (tertiary/aromatic N) is 2. The van der Waals surface area contributed by atoms with Gasteiger partial charge in [0, 0.05) is 22.7 Å². The van der Waals surface area contributed by atoms with Crippen LogP contribution in [0.2, 0.25) is 10.0 Å². The molecule has 0 amide bonds. The minimum atomic E-state index is -0.458. The van der Waals surface area contributed by atoms with E-state index in [1.807, 2.05) is 0 Å². The lowest BCUT2D eigenvalue weighted by atomic mass is 10.2. The molecule has 0 saturated heterocycles. The maximum Gasteiger partial charge on any atom is 0.269 e. The Morgan fingerprint density at radius 1 is 1.15 bits per heavy atom. The van der Waals surface area contributed by atoms with Crippen LogP contribution in [0.25, 0.3) is 0 Å². The Bertz CT molecular complexity index is 657. The van der Waals surface area contributed by atoms with Crippen LogP contribution in [-0.4, -0.2) is 11.1 Å². The highest BCUT2D eigenvalue weighted by Gasteiger charge is 2.03. The molecular formula is C13H9Cl2N3O2. The Kier molecular flexibility index (Phi) is 4.55. The van der Waals surface area contributed by atoms with Gasteiger partial charge in [-0.05, 0) is 24.3 Å². The molecule has 0 bridgehead atoms. The predicted molar refractivity (Wildman–Crippen MR) is 80.8 cm³/mol. The minimum Gasteiger partial charge on any atom is -0.278 e. The molecule has 0 heterocycles. The van der Waals surface area contributed by atoms with Crippen LogP contribution in [0.3, 0.4) is 0 Å². The molecule has 0 spiro atoms. The number of nitro groups is 1. The molecule has 0 atom stereocenters. The van der Waals surface area contributed by atoms with E-state index >= 15 is 0 Å². The van der Waals surface area contributed by atoms with E-state index < -0.39 is 4.92 Å². The van der Waals surface area contributed by atoms with Crippen LogP contribution in [0, 0.1) is 10.1 Å². The summed E-state index contributed by atoms with van der Waals surface area (Å²) in [4.78, 5) is 10.0. The number of hydrazone groups is 1. The zero-order chi connectivity index (χ0) is 14.5.